The Morgan fingerprint density at radius 3 is 2.72 bits per heavy atom. The van der Waals surface area contributed by atoms with Crippen molar-refractivity contribution in [3.8, 4) is 0 Å². The lowest BCUT2D eigenvalue weighted by molar-refractivity contribution is 0.0748. The van der Waals surface area contributed by atoms with Gasteiger partial charge >= 0.3 is 0 Å². The van der Waals surface area contributed by atoms with Crippen molar-refractivity contribution in [2.45, 2.75) is 6.54 Å². The molecule has 0 unspecified atom stereocenters. The quantitative estimate of drug-likeness (QED) is 0.789. The van der Waals surface area contributed by atoms with E-state index in [0.717, 1.165) is 5.56 Å². The van der Waals surface area contributed by atoms with Gasteiger partial charge in [0.15, 0.2) is 0 Å². The molecular formula is C13H13ClN2OS. The molecule has 1 aromatic carbocycles. The molecule has 0 saturated carbocycles. The van der Waals surface area contributed by atoms with Crippen molar-refractivity contribution in [1.29, 1.82) is 0 Å². The highest BCUT2D eigenvalue weighted by atomic mass is 35.5. The number of amides is 1. The van der Waals surface area contributed by atoms with E-state index in [1.807, 2.05) is 30.3 Å². The van der Waals surface area contributed by atoms with Crippen LogP contribution in [0.15, 0.2) is 41.2 Å². The van der Waals surface area contributed by atoms with Crippen LogP contribution in [0.25, 0.3) is 0 Å². The average Bonchev–Trinajstić information content (AvgIpc) is 2.92. The van der Waals surface area contributed by atoms with Crippen LogP contribution in [0.2, 0.25) is 0 Å². The summed E-state index contributed by atoms with van der Waals surface area (Å²) in [6.07, 6.45) is 0. The summed E-state index contributed by atoms with van der Waals surface area (Å²) < 4.78 is 0. The van der Waals surface area contributed by atoms with Crippen LogP contribution in [-0.4, -0.2) is 28.2 Å². The SMILES string of the molecule is O=C(c1cscn1)N(CCCl)Cc1ccccc1. The molecule has 18 heavy (non-hydrogen) atoms. The third-order valence-corrected chi connectivity index (χ3v) is 3.26. The van der Waals surface area contributed by atoms with Crippen molar-refractivity contribution >= 4 is 28.8 Å². The maximum Gasteiger partial charge on any atom is 0.273 e. The predicted octanol–water partition coefficient (Wildman–Crippen LogP) is 3.02. The number of carbonyl (C=O) groups excluding carboxylic acids is 1. The Morgan fingerprint density at radius 2 is 2.11 bits per heavy atom. The van der Waals surface area contributed by atoms with Gasteiger partial charge in [0.2, 0.25) is 0 Å². The highest BCUT2D eigenvalue weighted by Crippen LogP contribution is 2.10. The predicted molar refractivity (Wildman–Crippen MR) is 74.0 cm³/mol. The minimum Gasteiger partial charge on any atom is -0.332 e. The number of aromatic nitrogens is 1. The fourth-order valence-corrected chi connectivity index (χ4v) is 2.37. The Morgan fingerprint density at radius 1 is 1.33 bits per heavy atom. The van der Waals surface area contributed by atoms with Crippen LogP contribution in [0.5, 0.6) is 0 Å². The van der Waals surface area contributed by atoms with Crippen molar-refractivity contribution < 1.29 is 4.79 Å². The van der Waals surface area contributed by atoms with Crippen LogP contribution < -0.4 is 0 Å². The average molecular weight is 281 g/mol. The first-order chi connectivity index (χ1) is 8.81. The standard InChI is InChI=1S/C13H13ClN2OS/c14-6-7-16(8-11-4-2-1-3-5-11)13(17)12-9-18-10-15-12/h1-5,9-10H,6-8H2. The van der Waals surface area contributed by atoms with E-state index in [4.69, 9.17) is 11.6 Å². The molecule has 94 valence electrons. The smallest absolute Gasteiger partial charge is 0.273 e. The lowest BCUT2D eigenvalue weighted by Crippen LogP contribution is -2.32. The van der Waals surface area contributed by atoms with Crippen LogP contribution >= 0.6 is 22.9 Å². The van der Waals surface area contributed by atoms with Gasteiger partial charge in [-0.05, 0) is 5.56 Å². The minimum absolute atomic E-state index is 0.0687. The molecule has 3 nitrogen and oxygen atoms in total. The Bertz CT molecular complexity index is 487. The van der Waals surface area contributed by atoms with Crippen LogP contribution in [0.3, 0.4) is 0 Å². The number of halogens is 1. The summed E-state index contributed by atoms with van der Waals surface area (Å²) in [5.74, 6) is 0.351. The van der Waals surface area contributed by atoms with Crippen molar-refractivity contribution in [2.24, 2.45) is 0 Å². The van der Waals surface area contributed by atoms with E-state index in [0.29, 0.717) is 24.7 Å². The summed E-state index contributed by atoms with van der Waals surface area (Å²) in [6, 6.07) is 9.87. The normalized spacial score (nSPS) is 10.3. The number of nitrogens with zero attached hydrogens (tertiary/aromatic N) is 2. The molecule has 0 radical (unpaired) electrons. The molecule has 0 aliphatic carbocycles. The minimum atomic E-state index is -0.0687. The van der Waals surface area contributed by atoms with Gasteiger partial charge in [0.05, 0.1) is 5.51 Å². The fourth-order valence-electron chi connectivity index (χ4n) is 1.64. The van der Waals surface area contributed by atoms with Crippen molar-refractivity contribution in [3.63, 3.8) is 0 Å². The van der Waals surface area contributed by atoms with E-state index in [1.54, 1.807) is 15.8 Å². The van der Waals surface area contributed by atoms with Gasteiger partial charge in [-0.15, -0.1) is 22.9 Å². The van der Waals surface area contributed by atoms with Crippen LogP contribution in [0, 0.1) is 0 Å². The molecule has 0 bridgehead atoms. The summed E-state index contributed by atoms with van der Waals surface area (Å²) in [5.41, 5.74) is 3.24. The number of thiazole rings is 1. The molecule has 1 amide bonds. The lowest BCUT2D eigenvalue weighted by atomic mass is 10.2. The number of rotatable bonds is 5. The molecule has 0 atom stereocenters. The third-order valence-electron chi connectivity index (χ3n) is 2.51. The van der Waals surface area contributed by atoms with Crippen LogP contribution in [0.1, 0.15) is 16.1 Å². The summed E-state index contributed by atoms with van der Waals surface area (Å²) in [6.45, 7) is 1.08. The topological polar surface area (TPSA) is 33.2 Å². The van der Waals surface area contributed by atoms with Crippen LogP contribution in [0.4, 0.5) is 0 Å². The Balaban J connectivity index is 2.11. The Labute approximate surface area is 115 Å². The van der Waals surface area contributed by atoms with Crippen LogP contribution in [-0.2, 0) is 6.54 Å². The Hall–Kier alpha value is -1.39. The highest BCUT2D eigenvalue weighted by molar-refractivity contribution is 7.07. The molecule has 1 heterocycles. The highest BCUT2D eigenvalue weighted by Gasteiger charge is 2.17. The molecule has 0 saturated heterocycles. The summed E-state index contributed by atoms with van der Waals surface area (Å²) in [4.78, 5) is 18.0. The molecule has 0 aliphatic rings. The molecule has 2 aromatic rings. The van der Waals surface area contributed by atoms with Crippen molar-refractivity contribution in [2.75, 3.05) is 12.4 Å². The molecule has 2 rings (SSSR count). The molecule has 0 fully saturated rings. The summed E-state index contributed by atoms with van der Waals surface area (Å²) in [7, 11) is 0. The van der Waals surface area contributed by atoms with Gasteiger partial charge in [-0.25, -0.2) is 4.98 Å². The lowest BCUT2D eigenvalue weighted by Gasteiger charge is -2.20. The summed E-state index contributed by atoms with van der Waals surface area (Å²) in [5, 5.41) is 1.76. The monoisotopic (exact) mass is 280 g/mol. The summed E-state index contributed by atoms with van der Waals surface area (Å²) >= 11 is 7.17. The third kappa shape index (κ3) is 3.31. The largest absolute Gasteiger partial charge is 0.332 e. The van der Waals surface area contributed by atoms with E-state index in [9.17, 15) is 4.79 Å². The molecule has 0 aliphatic heterocycles. The van der Waals surface area contributed by atoms with Gasteiger partial charge in [0, 0.05) is 24.3 Å². The van der Waals surface area contributed by atoms with E-state index in [1.165, 1.54) is 11.3 Å². The van der Waals surface area contributed by atoms with Gasteiger partial charge in [0.25, 0.3) is 5.91 Å². The molecule has 1 aromatic heterocycles. The molecule has 0 N–H and O–H groups in total. The zero-order chi connectivity index (χ0) is 12.8. The van der Waals surface area contributed by atoms with Gasteiger partial charge in [-0.2, -0.15) is 0 Å². The van der Waals surface area contributed by atoms with Crippen molar-refractivity contribution in [1.82, 2.24) is 9.88 Å². The number of carbonyl (C=O) groups is 1. The van der Waals surface area contributed by atoms with Gasteiger partial charge in [-0.3, -0.25) is 4.79 Å². The first-order valence-electron chi connectivity index (χ1n) is 5.58. The van der Waals surface area contributed by atoms with E-state index < -0.39 is 0 Å². The number of benzene rings is 1. The Kier molecular flexibility index (Phi) is 4.73. The first-order valence-corrected chi connectivity index (χ1v) is 7.06. The second-order valence-corrected chi connectivity index (χ2v) is 4.87. The van der Waals surface area contributed by atoms with Gasteiger partial charge in [-0.1, -0.05) is 30.3 Å². The molecular weight excluding hydrogens is 268 g/mol. The van der Waals surface area contributed by atoms with Crippen molar-refractivity contribution in [3.05, 3.63) is 52.5 Å². The fraction of sp³-hybridized carbons (Fsp3) is 0.231. The second kappa shape index (κ2) is 6.52. The molecule has 0 spiro atoms. The zero-order valence-corrected chi connectivity index (χ0v) is 11.3. The maximum absolute atomic E-state index is 12.2. The van der Waals surface area contributed by atoms with E-state index >= 15 is 0 Å². The zero-order valence-electron chi connectivity index (χ0n) is 9.75. The molecule has 5 heteroatoms. The van der Waals surface area contributed by atoms with E-state index in [-0.39, 0.29) is 5.91 Å². The van der Waals surface area contributed by atoms with Gasteiger partial charge < -0.3 is 4.90 Å². The number of hydrogen-bond acceptors (Lipinski definition) is 3. The van der Waals surface area contributed by atoms with Gasteiger partial charge in [0.1, 0.15) is 5.69 Å². The first kappa shape index (κ1) is 13.1. The van der Waals surface area contributed by atoms with E-state index in [2.05, 4.69) is 4.98 Å². The maximum atomic E-state index is 12.2. The second-order valence-electron chi connectivity index (χ2n) is 3.77. The number of hydrogen-bond donors (Lipinski definition) is 0. The number of alkyl halides is 1.